The number of hydrogen-bond donors (Lipinski definition) is 1. The van der Waals surface area contributed by atoms with Crippen molar-refractivity contribution in [2.75, 3.05) is 6.61 Å². The summed E-state index contributed by atoms with van der Waals surface area (Å²) in [5.74, 6) is 0.784. The molecule has 0 saturated carbocycles. The molecule has 1 N–H and O–H groups in total. The van der Waals surface area contributed by atoms with E-state index in [0.29, 0.717) is 12.2 Å². The minimum absolute atomic E-state index is 0.188. The summed E-state index contributed by atoms with van der Waals surface area (Å²) in [5, 5.41) is 8.73. The van der Waals surface area contributed by atoms with Crippen molar-refractivity contribution in [3.63, 3.8) is 0 Å². The van der Waals surface area contributed by atoms with Crippen molar-refractivity contribution in [1.29, 1.82) is 0 Å². The SMILES string of the molecule is CCC(C)C(=O)CCC(C)CO. The van der Waals surface area contributed by atoms with E-state index in [1.165, 1.54) is 0 Å². The number of carbonyl (C=O) groups excluding carboxylic acids is 1. The molecular weight excluding hydrogens is 152 g/mol. The lowest BCUT2D eigenvalue weighted by Crippen LogP contribution is -2.12. The van der Waals surface area contributed by atoms with Crippen LogP contribution in [0.1, 0.15) is 40.0 Å². The van der Waals surface area contributed by atoms with Crippen molar-refractivity contribution in [3.05, 3.63) is 0 Å². The predicted molar refractivity (Wildman–Crippen MR) is 49.9 cm³/mol. The van der Waals surface area contributed by atoms with Crippen LogP contribution >= 0.6 is 0 Å². The first-order valence-corrected chi connectivity index (χ1v) is 4.75. The molecule has 0 aliphatic rings. The van der Waals surface area contributed by atoms with Gasteiger partial charge in [0.15, 0.2) is 0 Å². The summed E-state index contributed by atoms with van der Waals surface area (Å²) < 4.78 is 0. The monoisotopic (exact) mass is 172 g/mol. The van der Waals surface area contributed by atoms with Gasteiger partial charge in [0.1, 0.15) is 5.78 Å². The van der Waals surface area contributed by atoms with E-state index in [0.717, 1.165) is 12.8 Å². The summed E-state index contributed by atoms with van der Waals surface area (Å²) in [6, 6.07) is 0. The van der Waals surface area contributed by atoms with E-state index in [-0.39, 0.29) is 18.4 Å². The van der Waals surface area contributed by atoms with Crippen LogP contribution in [0.3, 0.4) is 0 Å². The third-order valence-corrected chi connectivity index (χ3v) is 2.36. The molecule has 0 amide bonds. The minimum Gasteiger partial charge on any atom is -0.396 e. The van der Waals surface area contributed by atoms with Crippen LogP contribution in [0.15, 0.2) is 0 Å². The van der Waals surface area contributed by atoms with E-state index in [4.69, 9.17) is 5.11 Å². The molecule has 0 radical (unpaired) electrons. The third-order valence-electron chi connectivity index (χ3n) is 2.36. The van der Waals surface area contributed by atoms with Gasteiger partial charge in [0.25, 0.3) is 0 Å². The number of rotatable bonds is 6. The smallest absolute Gasteiger partial charge is 0.135 e. The van der Waals surface area contributed by atoms with Gasteiger partial charge >= 0.3 is 0 Å². The highest BCUT2D eigenvalue weighted by Crippen LogP contribution is 2.11. The molecule has 0 aliphatic carbocycles. The fraction of sp³-hybridized carbons (Fsp3) is 0.900. The lowest BCUT2D eigenvalue weighted by Gasteiger charge is -2.09. The van der Waals surface area contributed by atoms with Crippen LogP contribution in [0.25, 0.3) is 0 Å². The van der Waals surface area contributed by atoms with E-state index in [1.807, 2.05) is 20.8 Å². The Kier molecular flexibility index (Phi) is 5.99. The highest BCUT2D eigenvalue weighted by molar-refractivity contribution is 5.80. The number of hydrogen-bond acceptors (Lipinski definition) is 2. The van der Waals surface area contributed by atoms with Gasteiger partial charge in [-0.05, 0) is 18.8 Å². The first kappa shape index (κ1) is 11.6. The molecule has 2 nitrogen and oxygen atoms in total. The van der Waals surface area contributed by atoms with Crippen LogP contribution < -0.4 is 0 Å². The second-order valence-corrected chi connectivity index (χ2v) is 3.60. The van der Waals surface area contributed by atoms with Gasteiger partial charge in [0, 0.05) is 18.9 Å². The molecule has 0 heterocycles. The van der Waals surface area contributed by atoms with Crippen LogP contribution in [0, 0.1) is 11.8 Å². The zero-order valence-corrected chi connectivity index (χ0v) is 8.34. The second kappa shape index (κ2) is 6.18. The van der Waals surface area contributed by atoms with E-state index in [2.05, 4.69) is 0 Å². The van der Waals surface area contributed by atoms with Gasteiger partial charge in [-0.1, -0.05) is 20.8 Å². The van der Waals surface area contributed by atoms with Gasteiger partial charge in [0.2, 0.25) is 0 Å². The molecule has 0 fully saturated rings. The molecule has 0 aromatic carbocycles. The molecule has 72 valence electrons. The summed E-state index contributed by atoms with van der Waals surface area (Å²) in [6.45, 7) is 6.14. The van der Waals surface area contributed by atoms with E-state index in [1.54, 1.807) is 0 Å². The maximum absolute atomic E-state index is 11.3. The maximum atomic E-state index is 11.3. The van der Waals surface area contributed by atoms with Gasteiger partial charge in [-0.15, -0.1) is 0 Å². The van der Waals surface area contributed by atoms with Gasteiger partial charge in [0.05, 0.1) is 0 Å². The van der Waals surface area contributed by atoms with Crippen molar-refractivity contribution < 1.29 is 9.90 Å². The van der Waals surface area contributed by atoms with Crippen LogP contribution in [-0.2, 0) is 4.79 Å². The van der Waals surface area contributed by atoms with Crippen molar-refractivity contribution >= 4 is 5.78 Å². The number of carbonyl (C=O) groups is 1. The molecule has 2 unspecified atom stereocenters. The predicted octanol–water partition coefficient (Wildman–Crippen LogP) is 2.01. The molecule has 12 heavy (non-hydrogen) atoms. The number of ketones is 1. The molecular formula is C10H20O2. The average Bonchev–Trinajstić information content (AvgIpc) is 2.11. The summed E-state index contributed by atoms with van der Waals surface area (Å²) >= 11 is 0. The molecule has 0 saturated heterocycles. The second-order valence-electron chi connectivity index (χ2n) is 3.60. The van der Waals surface area contributed by atoms with Gasteiger partial charge in [-0.25, -0.2) is 0 Å². The molecule has 0 rings (SSSR count). The number of aliphatic hydroxyl groups is 1. The maximum Gasteiger partial charge on any atom is 0.135 e. The first-order chi connectivity index (χ1) is 5.61. The molecule has 2 atom stereocenters. The van der Waals surface area contributed by atoms with Crippen LogP contribution in [0.4, 0.5) is 0 Å². The first-order valence-electron chi connectivity index (χ1n) is 4.75. The topological polar surface area (TPSA) is 37.3 Å². The quantitative estimate of drug-likeness (QED) is 0.665. The van der Waals surface area contributed by atoms with Crippen molar-refractivity contribution in [2.45, 2.75) is 40.0 Å². The van der Waals surface area contributed by atoms with Crippen molar-refractivity contribution in [3.8, 4) is 0 Å². The van der Waals surface area contributed by atoms with Crippen molar-refractivity contribution in [2.24, 2.45) is 11.8 Å². The van der Waals surface area contributed by atoms with Gasteiger partial charge in [-0.2, -0.15) is 0 Å². The molecule has 0 aromatic heterocycles. The molecule has 0 bridgehead atoms. The van der Waals surface area contributed by atoms with E-state index < -0.39 is 0 Å². The Labute approximate surface area is 75.0 Å². The molecule has 0 aromatic rings. The lowest BCUT2D eigenvalue weighted by atomic mass is 9.96. The third kappa shape index (κ3) is 4.50. The Balaban J connectivity index is 3.56. The fourth-order valence-corrected chi connectivity index (χ4v) is 0.954. The normalized spacial score (nSPS) is 15.7. The van der Waals surface area contributed by atoms with Crippen LogP contribution in [-0.4, -0.2) is 17.5 Å². The Morgan fingerprint density at radius 3 is 2.42 bits per heavy atom. The van der Waals surface area contributed by atoms with Crippen LogP contribution in [0.2, 0.25) is 0 Å². The summed E-state index contributed by atoms with van der Waals surface area (Å²) in [4.78, 5) is 11.3. The average molecular weight is 172 g/mol. The van der Waals surface area contributed by atoms with E-state index in [9.17, 15) is 4.79 Å². The molecule has 2 heteroatoms. The zero-order chi connectivity index (χ0) is 9.56. The number of Topliss-reactive ketones (excluding diaryl/α,β-unsaturated/α-hetero) is 1. The lowest BCUT2D eigenvalue weighted by molar-refractivity contribution is -0.122. The van der Waals surface area contributed by atoms with Crippen molar-refractivity contribution in [1.82, 2.24) is 0 Å². The Bertz CT molecular complexity index is 132. The minimum atomic E-state index is 0.188. The van der Waals surface area contributed by atoms with Gasteiger partial charge in [-0.3, -0.25) is 4.79 Å². The Hall–Kier alpha value is -0.370. The largest absolute Gasteiger partial charge is 0.396 e. The fourth-order valence-electron chi connectivity index (χ4n) is 0.954. The number of aliphatic hydroxyl groups excluding tert-OH is 1. The van der Waals surface area contributed by atoms with E-state index >= 15 is 0 Å². The van der Waals surface area contributed by atoms with Crippen LogP contribution in [0.5, 0.6) is 0 Å². The molecule has 0 spiro atoms. The summed E-state index contributed by atoms with van der Waals surface area (Å²) in [7, 11) is 0. The highest BCUT2D eigenvalue weighted by atomic mass is 16.3. The standard InChI is InChI=1S/C10H20O2/c1-4-9(3)10(12)6-5-8(2)7-11/h8-9,11H,4-7H2,1-3H3. The Morgan fingerprint density at radius 2 is 2.00 bits per heavy atom. The van der Waals surface area contributed by atoms with Gasteiger partial charge < -0.3 is 5.11 Å². The summed E-state index contributed by atoms with van der Waals surface area (Å²) in [6.07, 6.45) is 2.36. The zero-order valence-electron chi connectivity index (χ0n) is 8.34. The Morgan fingerprint density at radius 1 is 1.42 bits per heavy atom. The molecule has 0 aliphatic heterocycles. The highest BCUT2D eigenvalue weighted by Gasteiger charge is 2.11. The summed E-state index contributed by atoms with van der Waals surface area (Å²) in [5.41, 5.74) is 0.